The Labute approximate surface area is 162 Å². The minimum atomic E-state index is -4.57. The summed E-state index contributed by atoms with van der Waals surface area (Å²) in [6.45, 7) is 3.99. The number of hydrogen-bond acceptors (Lipinski definition) is 4. The van der Waals surface area contributed by atoms with E-state index in [-0.39, 0.29) is 15.5 Å². The van der Waals surface area contributed by atoms with E-state index in [1.54, 1.807) is 13.8 Å². The lowest BCUT2D eigenvalue weighted by molar-refractivity contribution is -0.137. The SMILES string of the molecule is CCN(CC)S(=O)(=O)c1ccc(NS(=O)(=O)c2ccc(C(F)(F)F)cc2)cc1. The average molecular weight is 436 g/mol. The van der Waals surface area contributed by atoms with Gasteiger partial charge in [-0.2, -0.15) is 17.5 Å². The van der Waals surface area contributed by atoms with Crippen molar-refractivity contribution in [2.45, 2.75) is 29.8 Å². The van der Waals surface area contributed by atoms with Gasteiger partial charge in [0.05, 0.1) is 15.4 Å². The molecule has 28 heavy (non-hydrogen) atoms. The molecule has 0 amide bonds. The van der Waals surface area contributed by atoms with Gasteiger partial charge in [-0.15, -0.1) is 0 Å². The van der Waals surface area contributed by atoms with Crippen LogP contribution < -0.4 is 4.72 Å². The van der Waals surface area contributed by atoms with Gasteiger partial charge in [0.1, 0.15) is 0 Å². The third kappa shape index (κ3) is 4.83. The van der Waals surface area contributed by atoms with E-state index >= 15 is 0 Å². The molecule has 0 aliphatic carbocycles. The molecular formula is C17H19F3N2O4S2. The Morgan fingerprint density at radius 2 is 1.29 bits per heavy atom. The summed E-state index contributed by atoms with van der Waals surface area (Å²) in [7, 11) is -7.81. The van der Waals surface area contributed by atoms with Gasteiger partial charge in [-0.05, 0) is 48.5 Å². The minimum Gasteiger partial charge on any atom is -0.280 e. The van der Waals surface area contributed by atoms with Crippen LogP contribution in [0.1, 0.15) is 19.4 Å². The fourth-order valence-corrected chi connectivity index (χ4v) is 4.96. The molecule has 0 unspecified atom stereocenters. The highest BCUT2D eigenvalue weighted by Crippen LogP contribution is 2.30. The maximum atomic E-state index is 12.6. The second kappa shape index (κ2) is 8.10. The number of nitrogens with zero attached hydrogens (tertiary/aromatic N) is 1. The lowest BCUT2D eigenvalue weighted by Gasteiger charge is -2.18. The summed E-state index contributed by atoms with van der Waals surface area (Å²) in [5, 5.41) is 0. The van der Waals surface area contributed by atoms with Gasteiger partial charge in [0.2, 0.25) is 10.0 Å². The highest BCUT2D eigenvalue weighted by atomic mass is 32.2. The molecule has 0 aliphatic rings. The molecule has 0 saturated carbocycles. The van der Waals surface area contributed by atoms with E-state index in [1.165, 1.54) is 28.6 Å². The van der Waals surface area contributed by atoms with E-state index in [9.17, 15) is 30.0 Å². The lowest BCUT2D eigenvalue weighted by atomic mass is 10.2. The van der Waals surface area contributed by atoms with Gasteiger partial charge in [0, 0.05) is 18.8 Å². The largest absolute Gasteiger partial charge is 0.416 e. The van der Waals surface area contributed by atoms with Crippen LogP contribution >= 0.6 is 0 Å². The topological polar surface area (TPSA) is 83.6 Å². The van der Waals surface area contributed by atoms with Crippen molar-refractivity contribution in [3.63, 3.8) is 0 Å². The van der Waals surface area contributed by atoms with Crippen LogP contribution in [0.2, 0.25) is 0 Å². The number of halogens is 3. The predicted octanol–water partition coefficient (Wildman–Crippen LogP) is 3.54. The van der Waals surface area contributed by atoms with Gasteiger partial charge < -0.3 is 0 Å². The summed E-state index contributed by atoms with van der Waals surface area (Å²) in [6, 6.07) is 8.13. The molecule has 0 heterocycles. The zero-order chi connectivity index (χ0) is 21.2. The van der Waals surface area contributed by atoms with Crippen LogP contribution in [0.3, 0.4) is 0 Å². The number of sulfonamides is 2. The van der Waals surface area contributed by atoms with E-state index < -0.39 is 31.8 Å². The van der Waals surface area contributed by atoms with E-state index in [2.05, 4.69) is 4.72 Å². The van der Waals surface area contributed by atoms with Gasteiger partial charge in [-0.3, -0.25) is 4.72 Å². The summed E-state index contributed by atoms with van der Waals surface area (Å²) >= 11 is 0. The normalized spacial score (nSPS) is 12.9. The molecule has 2 rings (SSSR count). The van der Waals surface area contributed by atoms with Crippen molar-refractivity contribution in [1.29, 1.82) is 0 Å². The van der Waals surface area contributed by atoms with Crippen molar-refractivity contribution >= 4 is 25.7 Å². The Balaban J connectivity index is 2.23. The first-order valence-corrected chi connectivity index (χ1v) is 11.1. The second-order valence-corrected chi connectivity index (χ2v) is 9.36. The Bertz CT molecular complexity index is 1010. The molecule has 0 aromatic heterocycles. The summed E-state index contributed by atoms with van der Waals surface area (Å²) < 4.78 is 90.7. The Kier molecular flexibility index (Phi) is 6.41. The molecule has 0 radical (unpaired) electrons. The van der Waals surface area contributed by atoms with Gasteiger partial charge in [0.15, 0.2) is 0 Å². The Morgan fingerprint density at radius 1 is 0.821 bits per heavy atom. The van der Waals surface area contributed by atoms with Crippen LogP contribution in [0, 0.1) is 0 Å². The zero-order valence-electron chi connectivity index (χ0n) is 15.1. The Hall–Kier alpha value is -2.11. The third-order valence-corrected chi connectivity index (χ3v) is 7.40. The number of rotatable bonds is 7. The smallest absolute Gasteiger partial charge is 0.280 e. The summed E-state index contributed by atoms with van der Waals surface area (Å²) in [6.07, 6.45) is -4.57. The van der Waals surface area contributed by atoms with Crippen LogP contribution in [0.5, 0.6) is 0 Å². The van der Waals surface area contributed by atoms with E-state index in [0.717, 1.165) is 12.1 Å². The number of alkyl halides is 3. The predicted molar refractivity (Wildman–Crippen MR) is 98.8 cm³/mol. The molecule has 0 saturated heterocycles. The number of nitrogens with one attached hydrogen (secondary N) is 1. The monoisotopic (exact) mass is 436 g/mol. The summed E-state index contributed by atoms with van der Waals surface area (Å²) in [5.74, 6) is 0. The number of benzene rings is 2. The molecular weight excluding hydrogens is 417 g/mol. The van der Waals surface area contributed by atoms with E-state index in [0.29, 0.717) is 25.2 Å². The van der Waals surface area contributed by atoms with Crippen LogP contribution in [0.25, 0.3) is 0 Å². The highest BCUT2D eigenvalue weighted by molar-refractivity contribution is 7.92. The van der Waals surface area contributed by atoms with Crippen LogP contribution in [-0.4, -0.2) is 34.2 Å². The first kappa shape index (κ1) is 22.2. The fraction of sp³-hybridized carbons (Fsp3) is 0.294. The number of anilines is 1. The van der Waals surface area contributed by atoms with Gasteiger partial charge in [-0.1, -0.05) is 13.8 Å². The maximum Gasteiger partial charge on any atom is 0.416 e. The molecule has 11 heteroatoms. The van der Waals surface area contributed by atoms with Crippen molar-refractivity contribution in [1.82, 2.24) is 4.31 Å². The molecule has 1 N–H and O–H groups in total. The first-order chi connectivity index (χ1) is 12.9. The average Bonchev–Trinajstić information content (AvgIpc) is 2.62. The molecule has 2 aromatic carbocycles. The van der Waals surface area contributed by atoms with Crippen molar-refractivity contribution < 1.29 is 30.0 Å². The molecule has 0 spiro atoms. The lowest BCUT2D eigenvalue weighted by Crippen LogP contribution is -2.30. The number of hydrogen-bond donors (Lipinski definition) is 1. The van der Waals surface area contributed by atoms with Gasteiger partial charge in [0.25, 0.3) is 10.0 Å². The highest BCUT2D eigenvalue weighted by Gasteiger charge is 2.30. The van der Waals surface area contributed by atoms with Crippen LogP contribution in [0.4, 0.5) is 18.9 Å². The summed E-state index contributed by atoms with van der Waals surface area (Å²) in [4.78, 5) is -0.339. The molecule has 154 valence electrons. The maximum absolute atomic E-state index is 12.6. The van der Waals surface area contributed by atoms with E-state index in [1.807, 2.05) is 0 Å². The van der Waals surface area contributed by atoms with Crippen molar-refractivity contribution in [3.8, 4) is 0 Å². The molecule has 0 atom stereocenters. The molecule has 6 nitrogen and oxygen atoms in total. The molecule has 0 bridgehead atoms. The quantitative estimate of drug-likeness (QED) is 0.720. The first-order valence-electron chi connectivity index (χ1n) is 8.22. The van der Waals surface area contributed by atoms with Gasteiger partial charge in [-0.25, -0.2) is 16.8 Å². The van der Waals surface area contributed by atoms with Crippen molar-refractivity contribution in [3.05, 3.63) is 54.1 Å². The van der Waals surface area contributed by atoms with Crippen molar-refractivity contribution in [2.24, 2.45) is 0 Å². The summed E-state index contributed by atoms with van der Waals surface area (Å²) in [5.41, 5.74) is -0.879. The van der Waals surface area contributed by atoms with Gasteiger partial charge >= 0.3 is 6.18 Å². The molecule has 2 aromatic rings. The zero-order valence-corrected chi connectivity index (χ0v) is 16.7. The van der Waals surface area contributed by atoms with Crippen molar-refractivity contribution in [2.75, 3.05) is 17.8 Å². The standard InChI is InChI=1S/C17H19F3N2O4S2/c1-3-22(4-2)28(25,26)16-11-7-14(8-12-16)21-27(23,24)15-9-5-13(6-10-15)17(18,19)20/h5-12,21H,3-4H2,1-2H3. The van der Waals surface area contributed by atoms with E-state index in [4.69, 9.17) is 0 Å². The van der Waals surface area contributed by atoms with Crippen LogP contribution in [0.15, 0.2) is 58.3 Å². The minimum absolute atomic E-state index is 0.00804. The third-order valence-electron chi connectivity index (χ3n) is 3.94. The molecule has 0 fully saturated rings. The fourth-order valence-electron chi connectivity index (χ4n) is 2.44. The second-order valence-electron chi connectivity index (χ2n) is 5.74. The Morgan fingerprint density at radius 3 is 1.71 bits per heavy atom. The van der Waals surface area contributed by atoms with Crippen LogP contribution in [-0.2, 0) is 26.2 Å². The molecule has 0 aliphatic heterocycles.